The second-order valence-electron chi connectivity index (χ2n) is 7.02. The minimum Gasteiger partial charge on any atom is -0.531 e. The van der Waals surface area contributed by atoms with E-state index in [-0.39, 0.29) is 11.9 Å². The quantitative estimate of drug-likeness (QED) is 0.720. The Kier molecular flexibility index (Phi) is 4.36. The molecular weight excluding hydrogens is 331 g/mol. The number of carbonyl (C=O) groups is 1. The van der Waals surface area contributed by atoms with Gasteiger partial charge in [0.2, 0.25) is 0 Å². The molecular formula is C18H23BN4O3. The van der Waals surface area contributed by atoms with E-state index in [0.717, 1.165) is 35.1 Å². The monoisotopic (exact) mass is 354 g/mol. The first-order valence-corrected chi connectivity index (χ1v) is 9.14. The van der Waals surface area contributed by atoms with Gasteiger partial charge in [0.25, 0.3) is 0 Å². The molecule has 0 saturated carbocycles. The van der Waals surface area contributed by atoms with Crippen LogP contribution in [-0.4, -0.2) is 52.7 Å². The third-order valence-corrected chi connectivity index (χ3v) is 5.38. The van der Waals surface area contributed by atoms with Crippen molar-refractivity contribution >= 4 is 29.8 Å². The van der Waals surface area contributed by atoms with Crippen molar-refractivity contribution in [1.82, 2.24) is 20.2 Å². The predicted octanol–water partition coefficient (Wildman–Crippen LogP) is 2.05. The Morgan fingerprint density at radius 2 is 2.42 bits per heavy atom. The van der Waals surface area contributed by atoms with Crippen LogP contribution in [0, 0.1) is 11.8 Å². The molecule has 0 radical (unpaired) electrons. The molecule has 3 N–H and O–H groups in total. The molecule has 2 aliphatic rings. The largest absolute Gasteiger partial charge is 0.552 e. The Bertz CT molecular complexity index is 865. The number of urea groups is 1. The third-order valence-electron chi connectivity index (χ3n) is 5.38. The van der Waals surface area contributed by atoms with Gasteiger partial charge >= 0.3 is 13.1 Å². The lowest BCUT2D eigenvalue weighted by Gasteiger charge is -2.39. The first kappa shape index (κ1) is 17.0. The summed E-state index contributed by atoms with van der Waals surface area (Å²) in [5.41, 5.74) is 2.79. The second-order valence-corrected chi connectivity index (χ2v) is 7.02. The number of aromatic amines is 1. The lowest BCUT2D eigenvalue weighted by Crippen LogP contribution is -2.48. The van der Waals surface area contributed by atoms with Crippen LogP contribution in [0.3, 0.4) is 0 Å². The molecule has 2 aromatic rings. The Labute approximate surface area is 152 Å². The van der Waals surface area contributed by atoms with Crippen LogP contribution in [0.1, 0.15) is 25.8 Å². The normalized spacial score (nSPS) is 22.7. The maximum absolute atomic E-state index is 12.3. The number of H-pyrrole nitrogens is 1. The summed E-state index contributed by atoms with van der Waals surface area (Å²) < 4.78 is 5.59. The molecule has 4 rings (SSSR count). The van der Waals surface area contributed by atoms with Gasteiger partial charge in [-0.25, -0.2) is 9.78 Å². The summed E-state index contributed by atoms with van der Waals surface area (Å²) in [7, 11) is -0.997. The van der Waals surface area contributed by atoms with Gasteiger partial charge in [0.15, 0.2) is 0 Å². The van der Waals surface area contributed by atoms with Crippen molar-refractivity contribution in [3.8, 4) is 5.75 Å². The summed E-state index contributed by atoms with van der Waals surface area (Å²) in [5, 5.41) is 14.1. The number of aromatic nitrogens is 2. The zero-order chi connectivity index (χ0) is 18.3. The number of rotatable bonds is 2. The van der Waals surface area contributed by atoms with E-state index in [1.54, 1.807) is 12.2 Å². The number of pyridine rings is 1. The van der Waals surface area contributed by atoms with E-state index in [0.29, 0.717) is 24.8 Å². The highest BCUT2D eigenvalue weighted by Crippen LogP contribution is 2.43. The van der Waals surface area contributed by atoms with E-state index < -0.39 is 7.12 Å². The van der Waals surface area contributed by atoms with Gasteiger partial charge in [-0.2, -0.15) is 0 Å². The van der Waals surface area contributed by atoms with Crippen molar-refractivity contribution < 1.29 is 14.5 Å². The van der Waals surface area contributed by atoms with Gasteiger partial charge in [-0.15, -0.1) is 0 Å². The van der Waals surface area contributed by atoms with Gasteiger partial charge in [0.05, 0.1) is 6.20 Å². The molecule has 2 aliphatic heterocycles. The highest BCUT2D eigenvalue weighted by molar-refractivity contribution is 6.52. The summed E-state index contributed by atoms with van der Waals surface area (Å²) in [6, 6.07) is 1.95. The van der Waals surface area contributed by atoms with E-state index in [1.165, 1.54) is 0 Å². The lowest BCUT2D eigenvalue weighted by molar-refractivity contribution is 0.157. The highest BCUT2D eigenvalue weighted by atomic mass is 16.5. The van der Waals surface area contributed by atoms with Crippen LogP contribution in [-0.2, 0) is 0 Å². The van der Waals surface area contributed by atoms with E-state index in [9.17, 15) is 9.82 Å². The molecule has 2 atom stereocenters. The molecule has 2 aromatic heterocycles. The van der Waals surface area contributed by atoms with Crippen molar-refractivity contribution in [2.45, 2.75) is 20.3 Å². The van der Waals surface area contributed by atoms with Gasteiger partial charge in [0.1, 0.15) is 11.4 Å². The number of piperidine rings is 1. The molecule has 0 spiro atoms. The number of carbonyl (C=O) groups excluding carboxylic acids is 1. The summed E-state index contributed by atoms with van der Waals surface area (Å²) in [6.45, 7) is 6.11. The zero-order valence-electron chi connectivity index (χ0n) is 15.0. The molecule has 4 heterocycles. The van der Waals surface area contributed by atoms with Gasteiger partial charge in [-0.3, -0.25) is 0 Å². The molecule has 0 aromatic carbocycles. The summed E-state index contributed by atoms with van der Waals surface area (Å²) in [4.78, 5) is 21.7. The van der Waals surface area contributed by atoms with E-state index in [1.807, 2.05) is 24.1 Å². The second kappa shape index (κ2) is 6.68. The molecule has 1 saturated heterocycles. The van der Waals surface area contributed by atoms with Crippen molar-refractivity contribution in [3.05, 3.63) is 30.0 Å². The van der Waals surface area contributed by atoms with Crippen LogP contribution in [0.15, 0.2) is 24.4 Å². The Morgan fingerprint density at radius 3 is 3.23 bits per heavy atom. The third kappa shape index (κ3) is 2.84. The maximum Gasteiger partial charge on any atom is 0.552 e. The number of fused-ring (bicyclic) bond motifs is 3. The van der Waals surface area contributed by atoms with E-state index in [4.69, 9.17) is 4.65 Å². The number of nitrogens with zero attached hydrogens (tertiary/aromatic N) is 2. The Morgan fingerprint density at radius 1 is 1.58 bits per heavy atom. The molecule has 26 heavy (non-hydrogen) atoms. The number of likely N-dealkylation sites (tertiary alicyclic amines) is 1. The molecule has 1 unspecified atom stereocenters. The summed E-state index contributed by atoms with van der Waals surface area (Å²) >= 11 is 0. The smallest absolute Gasteiger partial charge is 0.531 e. The van der Waals surface area contributed by atoms with Gasteiger partial charge in [-0.05, 0) is 36.9 Å². The Balaban J connectivity index is 1.74. The van der Waals surface area contributed by atoms with Gasteiger partial charge < -0.3 is 24.9 Å². The van der Waals surface area contributed by atoms with Gasteiger partial charge in [0, 0.05) is 42.7 Å². The van der Waals surface area contributed by atoms with E-state index >= 15 is 0 Å². The van der Waals surface area contributed by atoms with Crippen molar-refractivity contribution in [2.24, 2.45) is 11.8 Å². The van der Waals surface area contributed by atoms with Crippen LogP contribution in [0.2, 0.25) is 0 Å². The first-order valence-electron chi connectivity index (χ1n) is 9.14. The fourth-order valence-electron chi connectivity index (χ4n) is 4.01. The van der Waals surface area contributed by atoms with Crippen molar-refractivity contribution in [1.29, 1.82) is 0 Å². The maximum atomic E-state index is 12.3. The number of hydrogen-bond acceptors (Lipinski definition) is 4. The highest BCUT2D eigenvalue weighted by Gasteiger charge is 2.36. The minimum absolute atomic E-state index is 0.0284. The minimum atomic E-state index is -0.997. The van der Waals surface area contributed by atoms with Crippen molar-refractivity contribution in [2.75, 3.05) is 19.6 Å². The standard InChI is InChI=1S/C18H23BN4O3/c1-3-20-18(24)23-7-5-11(2)14(10-23)13-8-19(25)26-15-9-22-17-12(16(13)15)4-6-21-17/h4,6,8-9,11,14,25H,3,5,7,10H2,1-2H3,(H,20,24)(H,21,22)/t11-,14?/m0/s1. The van der Waals surface area contributed by atoms with Crippen LogP contribution >= 0.6 is 0 Å². The average molecular weight is 354 g/mol. The topological polar surface area (TPSA) is 90.5 Å². The van der Waals surface area contributed by atoms with Crippen LogP contribution in [0.4, 0.5) is 4.79 Å². The number of amides is 2. The molecule has 136 valence electrons. The fourth-order valence-corrected chi connectivity index (χ4v) is 4.01. The molecule has 2 amide bonds. The van der Waals surface area contributed by atoms with Crippen LogP contribution in [0.25, 0.3) is 16.6 Å². The summed E-state index contributed by atoms with van der Waals surface area (Å²) in [6.07, 6.45) is 4.43. The number of nitrogens with one attached hydrogen (secondary N) is 2. The number of hydrogen-bond donors (Lipinski definition) is 3. The lowest BCUT2D eigenvalue weighted by atomic mass is 9.72. The molecule has 0 aliphatic carbocycles. The van der Waals surface area contributed by atoms with Crippen molar-refractivity contribution in [3.63, 3.8) is 0 Å². The first-order chi connectivity index (χ1) is 12.6. The van der Waals surface area contributed by atoms with Crippen LogP contribution in [0.5, 0.6) is 5.75 Å². The Hall–Kier alpha value is -2.48. The van der Waals surface area contributed by atoms with Crippen LogP contribution < -0.4 is 9.97 Å². The summed E-state index contributed by atoms with van der Waals surface area (Å²) in [5.74, 6) is 2.89. The molecule has 0 bridgehead atoms. The van der Waals surface area contributed by atoms with Gasteiger partial charge in [-0.1, -0.05) is 6.92 Å². The average Bonchev–Trinajstić information content (AvgIpc) is 3.10. The SMILES string of the molecule is CCNC(=O)N1CC[C@H](C)C(C2=CB(O)Oc3cnc4[nH]ccc4c32)C1. The van der Waals surface area contributed by atoms with E-state index in [2.05, 4.69) is 22.2 Å². The predicted molar refractivity (Wildman–Crippen MR) is 101 cm³/mol. The molecule has 8 heteroatoms. The fraction of sp³-hybridized carbons (Fsp3) is 0.444. The molecule has 7 nitrogen and oxygen atoms in total. The molecule has 1 fully saturated rings. The zero-order valence-corrected chi connectivity index (χ0v) is 15.0.